The van der Waals surface area contributed by atoms with Crippen molar-refractivity contribution in [2.75, 3.05) is 13.7 Å². The first-order valence-corrected chi connectivity index (χ1v) is 6.62. The monoisotopic (exact) mass is 297 g/mol. The second kappa shape index (κ2) is 5.58. The summed E-state index contributed by atoms with van der Waals surface area (Å²) in [5.74, 6) is 0.521. The third kappa shape index (κ3) is 3.05. The van der Waals surface area contributed by atoms with Gasteiger partial charge in [0.15, 0.2) is 0 Å². The molecule has 0 aromatic carbocycles. The number of esters is 1. The third-order valence-electron chi connectivity index (χ3n) is 2.42. The van der Waals surface area contributed by atoms with Crippen molar-refractivity contribution in [2.45, 2.75) is 6.92 Å². The zero-order valence-corrected chi connectivity index (χ0v) is 12.0. The third-order valence-corrected chi connectivity index (χ3v) is 3.80. The minimum absolute atomic E-state index is 0.171. The molecule has 1 fully saturated rings. The van der Waals surface area contributed by atoms with Crippen molar-refractivity contribution in [2.24, 2.45) is 0 Å². The molecule has 0 aliphatic carbocycles. The number of thiocarbonyl (C=S) groups is 1. The van der Waals surface area contributed by atoms with Crippen LogP contribution in [0.4, 0.5) is 0 Å². The summed E-state index contributed by atoms with van der Waals surface area (Å²) in [6, 6.07) is 3.57. The average molecular weight is 297 g/mol. The number of hydrogen-bond donors (Lipinski definition) is 0. The Kier molecular flexibility index (Phi) is 4.06. The van der Waals surface area contributed by atoms with Crippen LogP contribution in [0.3, 0.4) is 0 Å². The number of rotatable bonds is 3. The van der Waals surface area contributed by atoms with E-state index < -0.39 is 5.97 Å². The van der Waals surface area contributed by atoms with E-state index in [1.54, 1.807) is 18.2 Å². The van der Waals surface area contributed by atoms with Crippen molar-refractivity contribution < 1.29 is 18.7 Å². The fourth-order valence-corrected chi connectivity index (χ4v) is 2.73. The molecular weight excluding hydrogens is 286 g/mol. The number of ether oxygens (including phenoxy) is 1. The van der Waals surface area contributed by atoms with E-state index in [1.165, 1.54) is 12.0 Å². The number of furan rings is 1. The highest BCUT2D eigenvalue weighted by atomic mass is 32.2. The Balaban J connectivity index is 2.18. The van der Waals surface area contributed by atoms with E-state index in [0.29, 0.717) is 15.0 Å². The van der Waals surface area contributed by atoms with Gasteiger partial charge in [-0.3, -0.25) is 14.5 Å². The Hall–Kier alpha value is -1.60. The second-order valence-corrected chi connectivity index (χ2v) is 5.47. The Bertz CT molecular complexity index is 576. The molecule has 5 nitrogen and oxygen atoms in total. The molecule has 100 valence electrons. The van der Waals surface area contributed by atoms with Crippen LogP contribution in [-0.4, -0.2) is 34.8 Å². The van der Waals surface area contributed by atoms with Gasteiger partial charge in [-0.15, -0.1) is 0 Å². The maximum Gasteiger partial charge on any atom is 0.325 e. The fraction of sp³-hybridized carbons (Fsp3) is 0.250. The van der Waals surface area contributed by atoms with Gasteiger partial charge >= 0.3 is 5.97 Å². The molecule has 2 heterocycles. The van der Waals surface area contributed by atoms with E-state index in [-0.39, 0.29) is 12.5 Å². The van der Waals surface area contributed by atoms with Crippen LogP contribution in [-0.2, 0) is 14.3 Å². The van der Waals surface area contributed by atoms with Crippen LogP contribution in [0.25, 0.3) is 6.08 Å². The minimum Gasteiger partial charge on any atom is -0.468 e. The summed E-state index contributed by atoms with van der Waals surface area (Å²) < 4.78 is 10.2. The van der Waals surface area contributed by atoms with Gasteiger partial charge in [0.1, 0.15) is 22.4 Å². The van der Waals surface area contributed by atoms with E-state index in [9.17, 15) is 9.59 Å². The maximum atomic E-state index is 12.1. The van der Waals surface area contributed by atoms with E-state index in [1.807, 2.05) is 6.92 Å². The molecule has 1 aromatic rings. The molecule has 0 atom stereocenters. The fourth-order valence-electron chi connectivity index (χ4n) is 1.49. The zero-order valence-electron chi connectivity index (χ0n) is 10.3. The summed E-state index contributed by atoms with van der Waals surface area (Å²) in [5.41, 5.74) is 0. The van der Waals surface area contributed by atoms with Crippen LogP contribution < -0.4 is 0 Å². The van der Waals surface area contributed by atoms with E-state index >= 15 is 0 Å². The first-order chi connectivity index (χ1) is 9.01. The van der Waals surface area contributed by atoms with Crippen molar-refractivity contribution in [3.8, 4) is 0 Å². The summed E-state index contributed by atoms with van der Waals surface area (Å²) in [5, 5.41) is 0. The summed E-state index contributed by atoms with van der Waals surface area (Å²) >= 11 is 6.21. The summed E-state index contributed by atoms with van der Waals surface area (Å²) in [6.07, 6.45) is 1.61. The van der Waals surface area contributed by atoms with Gasteiger partial charge in [0.2, 0.25) is 0 Å². The summed E-state index contributed by atoms with van der Waals surface area (Å²) in [4.78, 5) is 24.9. The largest absolute Gasteiger partial charge is 0.468 e. The molecule has 0 bridgehead atoms. The number of aryl methyl sites for hydroxylation is 1. The highest BCUT2D eigenvalue weighted by molar-refractivity contribution is 8.26. The highest BCUT2D eigenvalue weighted by Crippen LogP contribution is 2.32. The minimum atomic E-state index is -0.508. The van der Waals surface area contributed by atoms with Crippen LogP contribution in [0.1, 0.15) is 11.5 Å². The summed E-state index contributed by atoms with van der Waals surface area (Å²) in [6.45, 7) is 1.65. The standard InChI is InChI=1S/C12H11NO4S2/c1-7-3-4-8(17-7)5-9-11(15)13(12(18)19-9)6-10(14)16-2/h3-5H,6H2,1-2H3/b9-5-. The van der Waals surface area contributed by atoms with Gasteiger partial charge in [0.05, 0.1) is 12.0 Å². The predicted molar refractivity (Wildman–Crippen MR) is 75.3 cm³/mol. The average Bonchev–Trinajstić information content (AvgIpc) is 2.88. The number of thioether (sulfide) groups is 1. The number of nitrogens with zero attached hydrogens (tertiary/aromatic N) is 1. The molecule has 0 unspecified atom stereocenters. The molecule has 1 aliphatic rings. The lowest BCUT2D eigenvalue weighted by atomic mass is 10.3. The molecule has 0 spiro atoms. The topological polar surface area (TPSA) is 59.8 Å². The van der Waals surface area contributed by atoms with E-state index in [0.717, 1.165) is 17.5 Å². The number of amides is 1. The maximum absolute atomic E-state index is 12.1. The lowest BCUT2D eigenvalue weighted by molar-refractivity contribution is -0.143. The molecular formula is C12H11NO4S2. The molecule has 7 heteroatoms. The molecule has 0 N–H and O–H groups in total. The van der Waals surface area contributed by atoms with Crippen molar-refractivity contribution in [3.05, 3.63) is 28.6 Å². The number of carbonyl (C=O) groups excluding carboxylic acids is 2. The number of carbonyl (C=O) groups is 2. The predicted octanol–water partition coefficient (Wildman–Crippen LogP) is 1.96. The molecule has 1 saturated heterocycles. The Morgan fingerprint density at radius 2 is 2.32 bits per heavy atom. The Morgan fingerprint density at radius 3 is 2.89 bits per heavy atom. The normalized spacial score (nSPS) is 17.4. The SMILES string of the molecule is COC(=O)CN1C(=O)/C(=C/c2ccc(C)o2)SC1=S. The van der Waals surface area contributed by atoms with E-state index in [2.05, 4.69) is 4.74 Å². The zero-order chi connectivity index (χ0) is 14.0. The second-order valence-electron chi connectivity index (χ2n) is 3.79. The first kappa shape index (κ1) is 13.8. The lowest BCUT2D eigenvalue weighted by Gasteiger charge is -2.11. The Labute approximate surface area is 119 Å². The molecule has 0 saturated carbocycles. The lowest BCUT2D eigenvalue weighted by Crippen LogP contribution is -2.33. The summed E-state index contributed by atoms with van der Waals surface area (Å²) in [7, 11) is 1.27. The van der Waals surface area contributed by atoms with Crippen molar-refractivity contribution >= 4 is 46.3 Å². The molecule has 0 radical (unpaired) electrons. The number of hydrogen-bond acceptors (Lipinski definition) is 6. The van der Waals surface area contributed by atoms with Gasteiger partial charge in [0, 0.05) is 6.08 Å². The van der Waals surface area contributed by atoms with Gasteiger partial charge < -0.3 is 9.15 Å². The van der Waals surface area contributed by atoms with Crippen LogP contribution >= 0.6 is 24.0 Å². The molecule has 1 aliphatic heterocycles. The van der Waals surface area contributed by atoms with E-state index in [4.69, 9.17) is 16.6 Å². The van der Waals surface area contributed by atoms with Crippen molar-refractivity contribution in [1.82, 2.24) is 4.90 Å². The Morgan fingerprint density at radius 1 is 1.58 bits per heavy atom. The highest BCUT2D eigenvalue weighted by Gasteiger charge is 2.33. The smallest absolute Gasteiger partial charge is 0.325 e. The van der Waals surface area contributed by atoms with Crippen LogP contribution in [0.2, 0.25) is 0 Å². The van der Waals surface area contributed by atoms with Crippen LogP contribution in [0.5, 0.6) is 0 Å². The van der Waals surface area contributed by atoms with Crippen molar-refractivity contribution in [1.29, 1.82) is 0 Å². The molecule has 1 amide bonds. The van der Waals surface area contributed by atoms with Crippen LogP contribution in [0, 0.1) is 6.92 Å². The molecule has 19 heavy (non-hydrogen) atoms. The van der Waals surface area contributed by atoms with Gasteiger partial charge in [-0.1, -0.05) is 24.0 Å². The number of methoxy groups -OCH3 is 1. The van der Waals surface area contributed by atoms with Crippen LogP contribution in [0.15, 0.2) is 21.5 Å². The van der Waals surface area contributed by atoms with Gasteiger partial charge in [-0.25, -0.2) is 0 Å². The molecule has 1 aromatic heterocycles. The van der Waals surface area contributed by atoms with Gasteiger partial charge in [-0.2, -0.15) is 0 Å². The van der Waals surface area contributed by atoms with Gasteiger partial charge in [0.25, 0.3) is 5.91 Å². The first-order valence-electron chi connectivity index (χ1n) is 5.40. The van der Waals surface area contributed by atoms with Gasteiger partial charge in [-0.05, 0) is 19.1 Å². The molecule has 2 rings (SSSR count). The van der Waals surface area contributed by atoms with Crippen molar-refractivity contribution in [3.63, 3.8) is 0 Å². The quantitative estimate of drug-likeness (QED) is 0.483.